The van der Waals surface area contributed by atoms with Gasteiger partial charge in [-0.05, 0) is 71.9 Å². The summed E-state index contributed by atoms with van der Waals surface area (Å²) in [5.41, 5.74) is 4.78. The minimum absolute atomic E-state index is 0.190. The Morgan fingerprint density at radius 3 is 2.42 bits per heavy atom. The zero-order chi connectivity index (χ0) is 28.4. The van der Waals surface area contributed by atoms with Gasteiger partial charge in [0.05, 0.1) is 18.4 Å². The molecule has 0 radical (unpaired) electrons. The van der Waals surface area contributed by atoms with Gasteiger partial charge in [-0.2, -0.15) is 0 Å². The summed E-state index contributed by atoms with van der Waals surface area (Å²) in [5.74, 6) is -2.88. The molecule has 5 nitrogen and oxygen atoms in total. The van der Waals surface area contributed by atoms with Crippen molar-refractivity contribution in [1.82, 2.24) is 4.90 Å². The van der Waals surface area contributed by atoms with E-state index in [0.717, 1.165) is 32.3 Å². The standard InChI is InChI=1S/C33H29BrClNO4/c1-3-40-33(39)30-26(23(16-20-8-5-4-6-9-20)17-21-10-7-11-25(35)18-21)19-27-29(32(38)36(2)31(27)37)28(30)22-12-14-24(34)15-13-22/h4-15,17-18,27-29H,3,16,19H2,1-2H3/b23-17+/t27-,28-,29-/m1/s1. The maximum atomic E-state index is 13.8. The van der Waals surface area contributed by atoms with Crippen LogP contribution >= 0.6 is 27.5 Å². The average molecular weight is 619 g/mol. The number of carbonyl (C=O) groups excluding carboxylic acids is 3. The molecule has 2 aliphatic rings. The number of halogens is 2. The van der Waals surface area contributed by atoms with Gasteiger partial charge in [0.25, 0.3) is 0 Å². The summed E-state index contributed by atoms with van der Waals surface area (Å²) in [5, 5.41) is 0.599. The number of benzene rings is 3. The molecule has 1 aliphatic carbocycles. The molecule has 40 heavy (non-hydrogen) atoms. The van der Waals surface area contributed by atoms with Gasteiger partial charge < -0.3 is 4.74 Å². The molecule has 3 aromatic rings. The quantitative estimate of drug-likeness (QED) is 0.211. The third-order valence-electron chi connectivity index (χ3n) is 7.66. The fraction of sp³-hybridized carbons (Fsp3) is 0.242. The topological polar surface area (TPSA) is 63.7 Å². The van der Waals surface area contributed by atoms with Crippen molar-refractivity contribution in [1.29, 1.82) is 0 Å². The first kappa shape index (κ1) is 28.1. The van der Waals surface area contributed by atoms with Crippen molar-refractivity contribution in [3.63, 3.8) is 0 Å². The molecule has 3 aromatic carbocycles. The van der Waals surface area contributed by atoms with Gasteiger partial charge >= 0.3 is 5.97 Å². The summed E-state index contributed by atoms with van der Waals surface area (Å²) in [7, 11) is 1.53. The van der Waals surface area contributed by atoms with E-state index < -0.39 is 23.7 Å². The van der Waals surface area contributed by atoms with Crippen molar-refractivity contribution < 1.29 is 19.1 Å². The van der Waals surface area contributed by atoms with Crippen LogP contribution in [0.15, 0.2) is 100 Å². The Kier molecular flexibility index (Phi) is 8.38. The first-order valence-corrected chi connectivity index (χ1v) is 14.4. The number of nitrogens with zero attached hydrogens (tertiary/aromatic N) is 1. The van der Waals surface area contributed by atoms with Gasteiger partial charge in [0.1, 0.15) is 0 Å². The number of carbonyl (C=O) groups is 3. The Labute approximate surface area is 247 Å². The number of imide groups is 1. The van der Waals surface area contributed by atoms with Gasteiger partial charge in [0.15, 0.2) is 0 Å². The van der Waals surface area contributed by atoms with Crippen LogP contribution in [-0.4, -0.2) is 36.3 Å². The normalized spacial score (nSPS) is 21.1. The van der Waals surface area contributed by atoms with Gasteiger partial charge in [-0.1, -0.05) is 88.2 Å². The Morgan fingerprint density at radius 2 is 1.75 bits per heavy atom. The lowest BCUT2D eigenvalue weighted by molar-refractivity contribution is -0.139. The first-order chi connectivity index (χ1) is 19.3. The highest BCUT2D eigenvalue weighted by Gasteiger charge is 2.55. The fourth-order valence-corrected chi connectivity index (χ4v) is 6.32. The van der Waals surface area contributed by atoms with Crippen molar-refractivity contribution in [2.24, 2.45) is 11.8 Å². The smallest absolute Gasteiger partial charge is 0.334 e. The molecule has 0 N–H and O–H groups in total. The SMILES string of the molecule is CCOC(=O)C1=C(/C(=C/c2cccc(Cl)c2)Cc2ccccc2)C[C@H]2C(=O)N(C)C(=O)[C@H]2[C@H]1c1ccc(Br)cc1. The van der Waals surface area contributed by atoms with E-state index in [0.29, 0.717) is 17.0 Å². The third kappa shape index (κ3) is 5.56. The van der Waals surface area contributed by atoms with Crippen LogP contribution in [0.25, 0.3) is 6.08 Å². The van der Waals surface area contributed by atoms with Crippen LogP contribution in [0.3, 0.4) is 0 Å². The van der Waals surface area contributed by atoms with Crippen LogP contribution in [0.4, 0.5) is 0 Å². The minimum atomic E-state index is -0.689. The lowest BCUT2D eigenvalue weighted by atomic mass is 9.65. The molecule has 0 spiro atoms. The molecule has 5 rings (SSSR count). The Morgan fingerprint density at radius 1 is 1.02 bits per heavy atom. The molecule has 1 heterocycles. The minimum Gasteiger partial charge on any atom is -0.463 e. The second kappa shape index (κ2) is 11.9. The van der Waals surface area contributed by atoms with E-state index in [1.54, 1.807) is 6.92 Å². The van der Waals surface area contributed by atoms with E-state index in [1.807, 2.05) is 84.9 Å². The summed E-state index contributed by atoms with van der Waals surface area (Å²) < 4.78 is 6.51. The maximum absolute atomic E-state index is 13.8. The predicted molar refractivity (Wildman–Crippen MR) is 159 cm³/mol. The van der Waals surface area contributed by atoms with Gasteiger partial charge in [0, 0.05) is 28.0 Å². The first-order valence-electron chi connectivity index (χ1n) is 13.3. The van der Waals surface area contributed by atoms with E-state index >= 15 is 0 Å². The van der Waals surface area contributed by atoms with E-state index in [4.69, 9.17) is 16.3 Å². The van der Waals surface area contributed by atoms with Crippen LogP contribution in [-0.2, 0) is 25.5 Å². The third-order valence-corrected chi connectivity index (χ3v) is 8.42. The van der Waals surface area contributed by atoms with Crippen LogP contribution < -0.4 is 0 Å². The molecule has 204 valence electrons. The van der Waals surface area contributed by atoms with Gasteiger partial charge in [-0.15, -0.1) is 0 Å². The van der Waals surface area contributed by atoms with Gasteiger partial charge in [-0.25, -0.2) is 4.79 Å². The zero-order valence-corrected chi connectivity index (χ0v) is 24.6. The second-order valence-electron chi connectivity index (χ2n) is 10.1. The van der Waals surface area contributed by atoms with Crippen molar-refractivity contribution >= 4 is 51.4 Å². The summed E-state index contributed by atoms with van der Waals surface area (Å²) in [6.07, 6.45) is 2.81. The van der Waals surface area contributed by atoms with Crippen LogP contribution in [0.1, 0.15) is 36.0 Å². The van der Waals surface area contributed by atoms with E-state index in [9.17, 15) is 14.4 Å². The molecular formula is C33H29BrClNO4. The number of fused-ring (bicyclic) bond motifs is 1. The van der Waals surface area contributed by atoms with Crippen molar-refractivity contribution in [3.05, 3.63) is 122 Å². The van der Waals surface area contributed by atoms with Gasteiger partial charge in [0.2, 0.25) is 11.8 Å². The number of ether oxygens (including phenoxy) is 1. The van der Waals surface area contributed by atoms with Crippen LogP contribution in [0.5, 0.6) is 0 Å². The molecule has 0 aromatic heterocycles. The largest absolute Gasteiger partial charge is 0.463 e. The number of amides is 2. The average Bonchev–Trinajstić information content (AvgIpc) is 3.16. The number of allylic oxidation sites excluding steroid dienone is 2. The number of hydrogen-bond donors (Lipinski definition) is 0. The van der Waals surface area contributed by atoms with E-state index in [2.05, 4.69) is 15.9 Å². The van der Waals surface area contributed by atoms with E-state index in [-0.39, 0.29) is 24.8 Å². The monoisotopic (exact) mass is 617 g/mol. The summed E-state index contributed by atoms with van der Waals surface area (Å²) in [6, 6.07) is 25.1. The molecule has 2 amide bonds. The maximum Gasteiger partial charge on any atom is 0.334 e. The van der Waals surface area contributed by atoms with E-state index in [1.165, 1.54) is 11.9 Å². The zero-order valence-electron chi connectivity index (χ0n) is 22.3. The van der Waals surface area contributed by atoms with Crippen LogP contribution in [0.2, 0.25) is 5.02 Å². The molecule has 0 unspecified atom stereocenters. The number of esters is 1. The summed E-state index contributed by atoms with van der Waals surface area (Å²) >= 11 is 9.82. The molecular weight excluding hydrogens is 590 g/mol. The molecule has 0 saturated carbocycles. The van der Waals surface area contributed by atoms with Gasteiger partial charge in [-0.3, -0.25) is 14.5 Å². The number of rotatable bonds is 7. The molecule has 1 fully saturated rings. The number of hydrogen-bond acceptors (Lipinski definition) is 4. The second-order valence-corrected chi connectivity index (χ2v) is 11.5. The Balaban J connectivity index is 1.78. The fourth-order valence-electron chi connectivity index (χ4n) is 5.86. The number of likely N-dealkylation sites (tertiary alicyclic amines) is 1. The Hall–Kier alpha value is -3.48. The highest BCUT2D eigenvalue weighted by molar-refractivity contribution is 9.10. The molecule has 0 bridgehead atoms. The highest BCUT2D eigenvalue weighted by Crippen LogP contribution is 2.51. The molecule has 7 heteroatoms. The van der Waals surface area contributed by atoms with Crippen molar-refractivity contribution in [2.45, 2.75) is 25.7 Å². The van der Waals surface area contributed by atoms with Crippen molar-refractivity contribution in [3.8, 4) is 0 Å². The molecule has 1 saturated heterocycles. The Bertz CT molecular complexity index is 1510. The molecule has 1 aliphatic heterocycles. The summed E-state index contributed by atoms with van der Waals surface area (Å²) in [4.78, 5) is 42.0. The van der Waals surface area contributed by atoms with Crippen molar-refractivity contribution in [2.75, 3.05) is 13.7 Å². The molecule has 3 atom stereocenters. The predicted octanol–water partition coefficient (Wildman–Crippen LogP) is 7.01. The lowest BCUT2D eigenvalue weighted by Crippen LogP contribution is -2.35. The highest BCUT2D eigenvalue weighted by atomic mass is 79.9. The van der Waals surface area contributed by atoms with Crippen LogP contribution in [0, 0.1) is 11.8 Å². The summed E-state index contributed by atoms with van der Waals surface area (Å²) in [6.45, 7) is 1.96. The lowest BCUT2D eigenvalue weighted by Gasteiger charge is -2.35.